The number of Topliss-reactive ketones (excluding diaryl/α,β-unsaturated/α-hetero) is 1. The number of ether oxygens (including phenoxy) is 1. The van der Waals surface area contributed by atoms with Crippen LogP contribution in [0.1, 0.15) is 24.8 Å². The van der Waals surface area contributed by atoms with Crippen LogP contribution >= 0.6 is 0 Å². The molecular weight excluding hydrogens is 264 g/mol. The summed E-state index contributed by atoms with van der Waals surface area (Å²) in [5, 5.41) is 0. The van der Waals surface area contributed by atoms with E-state index in [1.54, 1.807) is 7.11 Å². The number of methoxy groups -OCH3 is 1. The van der Waals surface area contributed by atoms with E-state index in [4.69, 9.17) is 4.74 Å². The molecule has 2 rings (SSSR count). The molecule has 1 aromatic carbocycles. The van der Waals surface area contributed by atoms with Crippen LogP contribution in [0.15, 0.2) is 29.8 Å². The quantitative estimate of drug-likeness (QED) is 0.603. The lowest BCUT2D eigenvalue weighted by Crippen LogP contribution is -2.34. The molecule has 108 valence electrons. The largest absolute Gasteiger partial charge is 0.497 e. The lowest BCUT2D eigenvalue weighted by atomic mass is 9.91. The van der Waals surface area contributed by atoms with Crippen LogP contribution in [0.5, 0.6) is 5.75 Å². The van der Waals surface area contributed by atoms with E-state index >= 15 is 0 Å². The molecule has 0 spiro atoms. The fourth-order valence-corrected chi connectivity index (χ4v) is 5.20. The van der Waals surface area contributed by atoms with E-state index in [9.17, 15) is 4.79 Å². The predicted molar refractivity (Wildman–Crippen MR) is 86.9 cm³/mol. The zero-order valence-corrected chi connectivity index (χ0v) is 13.9. The molecule has 1 aliphatic carbocycles. The maximum atomic E-state index is 12.3. The van der Waals surface area contributed by atoms with E-state index in [2.05, 4.69) is 25.7 Å². The zero-order valence-electron chi connectivity index (χ0n) is 12.9. The molecule has 2 nitrogen and oxygen atoms in total. The molecule has 1 fully saturated rings. The minimum Gasteiger partial charge on any atom is -0.497 e. The van der Waals surface area contributed by atoms with Crippen LogP contribution in [-0.2, 0) is 4.79 Å². The Morgan fingerprint density at radius 2 is 2.05 bits per heavy atom. The first-order chi connectivity index (χ1) is 9.41. The van der Waals surface area contributed by atoms with Crippen molar-refractivity contribution in [1.29, 1.82) is 0 Å². The monoisotopic (exact) mass is 288 g/mol. The number of benzene rings is 1. The highest BCUT2D eigenvalue weighted by Gasteiger charge is 2.35. The van der Waals surface area contributed by atoms with Crippen molar-refractivity contribution >= 4 is 19.9 Å². The Morgan fingerprint density at radius 3 is 2.70 bits per heavy atom. The van der Waals surface area contributed by atoms with Crippen molar-refractivity contribution in [3.8, 4) is 5.75 Å². The SMILES string of the molecule is COc1cccc(/C=C2\C(=O)CCCC2[Si](C)(C)C)c1. The van der Waals surface area contributed by atoms with E-state index in [0.29, 0.717) is 17.7 Å². The highest BCUT2D eigenvalue weighted by atomic mass is 28.3. The summed E-state index contributed by atoms with van der Waals surface area (Å²) in [6.45, 7) is 7.07. The average molecular weight is 288 g/mol. The second-order valence-corrected chi connectivity index (χ2v) is 12.0. The first kappa shape index (κ1) is 15.0. The third kappa shape index (κ3) is 3.40. The van der Waals surface area contributed by atoms with Gasteiger partial charge in [-0.1, -0.05) is 31.8 Å². The van der Waals surface area contributed by atoms with Crippen molar-refractivity contribution in [3.63, 3.8) is 0 Å². The smallest absolute Gasteiger partial charge is 0.158 e. The van der Waals surface area contributed by atoms with Crippen molar-refractivity contribution in [2.24, 2.45) is 0 Å². The summed E-state index contributed by atoms with van der Waals surface area (Å²) in [7, 11) is 0.312. The minimum atomic E-state index is -1.36. The van der Waals surface area contributed by atoms with Gasteiger partial charge in [0, 0.05) is 6.42 Å². The molecule has 0 saturated heterocycles. The first-order valence-electron chi connectivity index (χ1n) is 7.30. The Bertz CT molecular complexity index is 526. The van der Waals surface area contributed by atoms with Crippen molar-refractivity contribution in [3.05, 3.63) is 35.4 Å². The van der Waals surface area contributed by atoms with Crippen LogP contribution in [0.25, 0.3) is 6.08 Å². The molecule has 0 aliphatic heterocycles. The molecule has 1 unspecified atom stereocenters. The van der Waals surface area contributed by atoms with Gasteiger partial charge in [-0.15, -0.1) is 0 Å². The molecule has 0 radical (unpaired) electrons. The number of carbonyl (C=O) groups excluding carboxylic acids is 1. The van der Waals surface area contributed by atoms with Crippen LogP contribution in [0, 0.1) is 0 Å². The van der Waals surface area contributed by atoms with Gasteiger partial charge in [0.1, 0.15) is 5.75 Å². The van der Waals surface area contributed by atoms with E-state index in [0.717, 1.165) is 29.7 Å². The number of carbonyl (C=O) groups is 1. The topological polar surface area (TPSA) is 26.3 Å². The third-order valence-corrected chi connectivity index (χ3v) is 6.75. The van der Waals surface area contributed by atoms with Gasteiger partial charge in [-0.25, -0.2) is 0 Å². The summed E-state index contributed by atoms with van der Waals surface area (Å²) in [5.41, 5.74) is 2.59. The van der Waals surface area contributed by atoms with E-state index in [1.807, 2.05) is 24.3 Å². The van der Waals surface area contributed by atoms with Crippen LogP contribution < -0.4 is 4.74 Å². The second kappa shape index (κ2) is 5.96. The van der Waals surface area contributed by atoms with Crippen molar-refractivity contribution in [2.45, 2.75) is 44.4 Å². The number of hydrogen-bond acceptors (Lipinski definition) is 2. The summed E-state index contributed by atoms with van der Waals surface area (Å²) in [6, 6.07) is 7.94. The molecular formula is C17H24O2Si. The molecule has 1 aromatic rings. The van der Waals surface area contributed by atoms with Gasteiger partial charge in [-0.3, -0.25) is 4.79 Å². The second-order valence-electron chi connectivity index (χ2n) is 6.61. The summed E-state index contributed by atoms with van der Waals surface area (Å²) in [6.07, 6.45) is 5.00. The van der Waals surface area contributed by atoms with Crippen LogP contribution in [-0.4, -0.2) is 21.0 Å². The highest BCUT2D eigenvalue weighted by molar-refractivity contribution is 6.78. The number of ketones is 1. The summed E-state index contributed by atoms with van der Waals surface area (Å²) < 4.78 is 5.26. The first-order valence-corrected chi connectivity index (χ1v) is 10.9. The molecule has 1 saturated carbocycles. The molecule has 0 N–H and O–H groups in total. The molecule has 0 aromatic heterocycles. The van der Waals surface area contributed by atoms with E-state index < -0.39 is 8.07 Å². The van der Waals surface area contributed by atoms with Crippen molar-refractivity contribution in [2.75, 3.05) is 7.11 Å². The lowest BCUT2D eigenvalue weighted by Gasteiger charge is -2.34. The summed E-state index contributed by atoms with van der Waals surface area (Å²) in [5.74, 6) is 1.18. The van der Waals surface area contributed by atoms with Crippen molar-refractivity contribution < 1.29 is 9.53 Å². The molecule has 20 heavy (non-hydrogen) atoms. The maximum absolute atomic E-state index is 12.3. The van der Waals surface area contributed by atoms with E-state index in [-0.39, 0.29) is 0 Å². The lowest BCUT2D eigenvalue weighted by molar-refractivity contribution is -0.116. The summed E-state index contributed by atoms with van der Waals surface area (Å²) in [4.78, 5) is 12.3. The van der Waals surface area contributed by atoms with Gasteiger partial charge in [0.2, 0.25) is 0 Å². The average Bonchev–Trinajstić information content (AvgIpc) is 2.40. The minimum absolute atomic E-state index is 0.339. The van der Waals surface area contributed by atoms with Gasteiger partial charge >= 0.3 is 0 Å². The molecule has 0 heterocycles. The molecule has 1 aliphatic rings. The number of allylic oxidation sites excluding steroid dienone is 1. The number of rotatable bonds is 3. The van der Waals surface area contributed by atoms with Gasteiger partial charge in [-0.2, -0.15) is 0 Å². The standard InChI is InChI=1S/C17H24O2Si/c1-19-14-8-5-7-13(11-14)12-15-16(18)9-6-10-17(15)20(2,3)4/h5,7-8,11-12,17H,6,9-10H2,1-4H3/b15-12+. The van der Waals surface area contributed by atoms with Gasteiger partial charge < -0.3 is 4.74 Å². The van der Waals surface area contributed by atoms with Gasteiger partial charge in [0.15, 0.2) is 5.78 Å². The fourth-order valence-electron chi connectivity index (χ4n) is 2.95. The van der Waals surface area contributed by atoms with Crippen LogP contribution in [0.2, 0.25) is 25.2 Å². The molecule has 3 heteroatoms. The Balaban J connectivity index is 2.39. The molecule has 0 bridgehead atoms. The van der Waals surface area contributed by atoms with Crippen LogP contribution in [0.3, 0.4) is 0 Å². The van der Waals surface area contributed by atoms with Gasteiger partial charge in [0.05, 0.1) is 15.2 Å². The van der Waals surface area contributed by atoms with Gasteiger partial charge in [-0.05, 0) is 47.7 Å². The zero-order chi connectivity index (χ0) is 14.8. The van der Waals surface area contributed by atoms with Gasteiger partial charge in [0.25, 0.3) is 0 Å². The third-order valence-electron chi connectivity index (χ3n) is 4.06. The van der Waals surface area contributed by atoms with Crippen molar-refractivity contribution in [1.82, 2.24) is 0 Å². The normalized spacial score (nSPS) is 22.1. The molecule has 0 amide bonds. The Morgan fingerprint density at radius 1 is 1.30 bits per heavy atom. The highest BCUT2D eigenvalue weighted by Crippen LogP contribution is 2.40. The molecule has 1 atom stereocenters. The predicted octanol–water partition coefficient (Wildman–Crippen LogP) is 4.54. The fraction of sp³-hybridized carbons (Fsp3) is 0.471. The van der Waals surface area contributed by atoms with E-state index in [1.165, 1.54) is 0 Å². The Labute approximate surface area is 122 Å². The maximum Gasteiger partial charge on any atom is 0.158 e. The Hall–Kier alpha value is -1.35. The number of hydrogen-bond donors (Lipinski definition) is 0. The van der Waals surface area contributed by atoms with Crippen LogP contribution in [0.4, 0.5) is 0 Å². The Kier molecular flexibility index (Phi) is 4.48. The summed E-state index contributed by atoms with van der Waals surface area (Å²) >= 11 is 0.